The van der Waals surface area contributed by atoms with Crippen molar-refractivity contribution in [1.29, 1.82) is 0 Å². The summed E-state index contributed by atoms with van der Waals surface area (Å²) in [6, 6.07) is -0.0934. The van der Waals surface area contributed by atoms with Crippen molar-refractivity contribution in [1.82, 2.24) is 10.4 Å². The van der Waals surface area contributed by atoms with Crippen LogP contribution in [0, 0.1) is 11.8 Å². The number of carboxylic acid groups (broad SMARTS) is 1. The first kappa shape index (κ1) is 12.3. The smallest absolute Gasteiger partial charge is 0.307 e. The molecule has 0 bridgehead atoms. The van der Waals surface area contributed by atoms with E-state index >= 15 is 0 Å². The zero-order valence-corrected chi connectivity index (χ0v) is 9.76. The van der Waals surface area contributed by atoms with Gasteiger partial charge in [-0.2, -0.15) is 0 Å². The first-order valence-electron chi connectivity index (χ1n) is 6.11. The van der Waals surface area contributed by atoms with Crippen molar-refractivity contribution in [2.24, 2.45) is 17.6 Å². The minimum Gasteiger partial charge on any atom is -0.481 e. The number of carboxylic acids is 1. The summed E-state index contributed by atoms with van der Waals surface area (Å²) in [6.07, 6.45) is 2.77. The molecule has 2 rings (SSSR count). The Labute approximate surface area is 100 Å². The second kappa shape index (κ2) is 5.01. The van der Waals surface area contributed by atoms with E-state index < -0.39 is 17.8 Å². The van der Waals surface area contributed by atoms with Crippen LogP contribution >= 0.6 is 0 Å². The molecule has 1 aliphatic carbocycles. The van der Waals surface area contributed by atoms with Crippen LogP contribution in [0.2, 0.25) is 0 Å². The van der Waals surface area contributed by atoms with Gasteiger partial charge in [0.05, 0.1) is 11.8 Å². The van der Waals surface area contributed by atoms with E-state index in [2.05, 4.69) is 5.43 Å². The third-order valence-electron chi connectivity index (χ3n) is 3.67. The number of carbonyl (C=O) groups excluding carboxylic acids is 1. The molecule has 2 aliphatic rings. The molecule has 0 radical (unpaired) electrons. The predicted molar refractivity (Wildman–Crippen MR) is 60.8 cm³/mol. The Kier molecular flexibility index (Phi) is 3.63. The van der Waals surface area contributed by atoms with Crippen LogP contribution in [0.3, 0.4) is 0 Å². The Morgan fingerprint density at radius 3 is 2.47 bits per heavy atom. The number of rotatable bonds is 3. The third kappa shape index (κ3) is 2.76. The SMILES string of the molecule is N[C@@H]1CC[C@@H](C(=O)NN2CCC2)C(C(=O)O)C1. The van der Waals surface area contributed by atoms with Crippen LogP contribution in [0.25, 0.3) is 0 Å². The molecule has 4 N–H and O–H groups in total. The van der Waals surface area contributed by atoms with Gasteiger partial charge in [0.15, 0.2) is 0 Å². The Morgan fingerprint density at radius 1 is 1.24 bits per heavy atom. The predicted octanol–water partition coefficient (Wildman–Crippen LogP) is -0.448. The molecule has 0 aromatic rings. The normalized spacial score (nSPS) is 33.8. The molecule has 1 aliphatic heterocycles. The summed E-state index contributed by atoms with van der Waals surface area (Å²) in [4.78, 5) is 23.1. The van der Waals surface area contributed by atoms with E-state index in [1.54, 1.807) is 0 Å². The number of nitrogens with one attached hydrogen (secondary N) is 1. The molecule has 6 nitrogen and oxygen atoms in total. The van der Waals surface area contributed by atoms with E-state index in [0.717, 1.165) is 25.9 Å². The minimum atomic E-state index is -0.913. The molecule has 2 fully saturated rings. The molecular weight excluding hydrogens is 222 g/mol. The van der Waals surface area contributed by atoms with Gasteiger partial charge in [-0.1, -0.05) is 0 Å². The Hall–Kier alpha value is -1.14. The van der Waals surface area contributed by atoms with Crippen LogP contribution in [0.4, 0.5) is 0 Å². The van der Waals surface area contributed by atoms with Crippen molar-refractivity contribution in [3.8, 4) is 0 Å². The number of hydrogen-bond donors (Lipinski definition) is 3. The van der Waals surface area contributed by atoms with Gasteiger partial charge in [-0.05, 0) is 25.7 Å². The van der Waals surface area contributed by atoms with Crippen LogP contribution in [0.5, 0.6) is 0 Å². The van der Waals surface area contributed by atoms with Crippen molar-refractivity contribution < 1.29 is 14.7 Å². The van der Waals surface area contributed by atoms with Gasteiger partial charge in [-0.25, -0.2) is 5.01 Å². The Bertz CT molecular complexity index is 317. The van der Waals surface area contributed by atoms with Gasteiger partial charge in [0.2, 0.25) is 5.91 Å². The summed E-state index contributed by atoms with van der Waals surface area (Å²) in [5.41, 5.74) is 8.53. The van der Waals surface area contributed by atoms with E-state index in [9.17, 15) is 9.59 Å². The van der Waals surface area contributed by atoms with Gasteiger partial charge >= 0.3 is 5.97 Å². The summed E-state index contributed by atoms with van der Waals surface area (Å²) in [5, 5.41) is 11.0. The van der Waals surface area contributed by atoms with Gasteiger partial charge in [0.25, 0.3) is 0 Å². The molecule has 1 heterocycles. The lowest BCUT2D eigenvalue weighted by Gasteiger charge is -2.36. The number of carbonyl (C=O) groups is 2. The fraction of sp³-hybridized carbons (Fsp3) is 0.818. The van der Waals surface area contributed by atoms with Crippen LogP contribution < -0.4 is 11.2 Å². The molecule has 96 valence electrons. The maximum atomic E-state index is 12.0. The quantitative estimate of drug-likeness (QED) is 0.622. The maximum absolute atomic E-state index is 12.0. The maximum Gasteiger partial charge on any atom is 0.307 e. The van der Waals surface area contributed by atoms with Crippen LogP contribution in [-0.2, 0) is 9.59 Å². The van der Waals surface area contributed by atoms with Crippen molar-refractivity contribution in [2.75, 3.05) is 13.1 Å². The lowest BCUT2D eigenvalue weighted by Crippen LogP contribution is -2.54. The second-order valence-corrected chi connectivity index (χ2v) is 4.94. The molecule has 0 aromatic heterocycles. The van der Waals surface area contributed by atoms with E-state index in [-0.39, 0.29) is 11.9 Å². The van der Waals surface area contributed by atoms with E-state index in [1.165, 1.54) is 0 Å². The molecule has 3 atom stereocenters. The van der Waals surface area contributed by atoms with Crippen molar-refractivity contribution in [3.63, 3.8) is 0 Å². The van der Waals surface area contributed by atoms with Gasteiger partial charge in [0, 0.05) is 19.1 Å². The molecular formula is C11H19N3O3. The van der Waals surface area contributed by atoms with Gasteiger partial charge < -0.3 is 10.8 Å². The lowest BCUT2D eigenvalue weighted by molar-refractivity contribution is -0.151. The zero-order valence-electron chi connectivity index (χ0n) is 9.76. The molecule has 0 spiro atoms. The van der Waals surface area contributed by atoms with Gasteiger partial charge in [-0.15, -0.1) is 0 Å². The summed E-state index contributed by atoms with van der Waals surface area (Å²) in [7, 11) is 0. The number of hydrazine groups is 1. The monoisotopic (exact) mass is 241 g/mol. The van der Waals surface area contributed by atoms with Crippen LogP contribution in [-0.4, -0.2) is 41.1 Å². The molecule has 6 heteroatoms. The average molecular weight is 241 g/mol. The fourth-order valence-corrected chi connectivity index (χ4v) is 2.46. The molecule has 1 unspecified atom stereocenters. The van der Waals surface area contributed by atoms with Crippen LogP contribution in [0.1, 0.15) is 25.7 Å². The first-order chi connectivity index (χ1) is 8.08. The molecule has 0 aromatic carbocycles. The molecule has 17 heavy (non-hydrogen) atoms. The molecule has 1 amide bonds. The minimum absolute atomic E-state index is 0.0934. The van der Waals surface area contributed by atoms with Crippen molar-refractivity contribution >= 4 is 11.9 Å². The largest absolute Gasteiger partial charge is 0.481 e. The molecule has 1 saturated carbocycles. The number of nitrogens with two attached hydrogens (primary N) is 1. The van der Waals surface area contributed by atoms with Crippen LogP contribution in [0.15, 0.2) is 0 Å². The highest BCUT2D eigenvalue weighted by molar-refractivity contribution is 5.84. The number of nitrogens with zero attached hydrogens (tertiary/aromatic N) is 1. The summed E-state index contributed by atoms with van der Waals surface area (Å²) in [6.45, 7) is 1.71. The summed E-state index contributed by atoms with van der Waals surface area (Å²) >= 11 is 0. The van der Waals surface area contributed by atoms with E-state index in [4.69, 9.17) is 10.8 Å². The summed E-state index contributed by atoms with van der Waals surface area (Å²) in [5.74, 6) is -2.15. The highest BCUT2D eigenvalue weighted by Crippen LogP contribution is 2.30. The third-order valence-corrected chi connectivity index (χ3v) is 3.67. The highest BCUT2D eigenvalue weighted by atomic mass is 16.4. The number of amides is 1. The lowest BCUT2D eigenvalue weighted by atomic mass is 9.76. The molecule has 1 saturated heterocycles. The van der Waals surface area contributed by atoms with Gasteiger partial charge in [-0.3, -0.25) is 15.0 Å². The van der Waals surface area contributed by atoms with E-state index in [0.29, 0.717) is 12.8 Å². The Balaban J connectivity index is 1.96. The first-order valence-corrected chi connectivity index (χ1v) is 6.11. The second-order valence-electron chi connectivity index (χ2n) is 4.94. The van der Waals surface area contributed by atoms with E-state index in [1.807, 2.05) is 5.01 Å². The fourth-order valence-electron chi connectivity index (χ4n) is 2.46. The number of hydrogen-bond acceptors (Lipinski definition) is 4. The average Bonchev–Trinajstić information content (AvgIpc) is 2.23. The van der Waals surface area contributed by atoms with Crippen molar-refractivity contribution in [3.05, 3.63) is 0 Å². The highest BCUT2D eigenvalue weighted by Gasteiger charge is 2.39. The topological polar surface area (TPSA) is 95.7 Å². The standard InChI is InChI=1S/C11H19N3O3/c12-7-2-3-8(9(6-7)11(16)17)10(15)13-14-4-1-5-14/h7-9H,1-6,12H2,(H,13,15)(H,16,17)/t7-,8-,9?/m1/s1. The summed E-state index contributed by atoms with van der Waals surface area (Å²) < 4.78 is 0. The number of aliphatic carboxylic acids is 1. The van der Waals surface area contributed by atoms with Gasteiger partial charge in [0.1, 0.15) is 0 Å². The Morgan fingerprint density at radius 2 is 1.94 bits per heavy atom. The zero-order chi connectivity index (χ0) is 12.4. The van der Waals surface area contributed by atoms with Crippen molar-refractivity contribution in [2.45, 2.75) is 31.7 Å².